The van der Waals surface area contributed by atoms with Gasteiger partial charge in [0.2, 0.25) is 5.91 Å². The first-order valence-corrected chi connectivity index (χ1v) is 20.5. The van der Waals surface area contributed by atoms with Gasteiger partial charge in [-0.2, -0.15) is 0 Å². The summed E-state index contributed by atoms with van der Waals surface area (Å²) in [5.41, 5.74) is 0. The monoisotopic (exact) mass is 734 g/mol. The van der Waals surface area contributed by atoms with Crippen LogP contribution in [0.1, 0.15) is 149 Å². The first kappa shape index (κ1) is 47.9. The minimum atomic E-state index is -1.57. The second kappa shape index (κ2) is 33.5. The highest BCUT2D eigenvalue weighted by Gasteiger charge is 2.44. The van der Waals surface area contributed by atoms with E-state index in [4.69, 9.17) is 9.47 Å². The van der Waals surface area contributed by atoms with Crippen molar-refractivity contribution < 1.29 is 39.8 Å². The Labute approximate surface area is 316 Å². The first-order valence-electron chi connectivity index (χ1n) is 20.5. The number of aliphatic hydroxyl groups excluding tert-OH is 5. The lowest BCUT2D eigenvalue weighted by Crippen LogP contribution is -2.60. The number of aliphatic hydroxyl groups is 5. The maximum Gasteiger partial charge on any atom is 0.220 e. The summed E-state index contributed by atoms with van der Waals surface area (Å²) < 4.78 is 11.2. The fraction of sp³-hybridized carbons (Fsp3) is 0.744. The molecule has 1 fully saturated rings. The number of nitrogens with one attached hydrogen (secondary N) is 1. The van der Waals surface area contributed by atoms with Crippen molar-refractivity contribution in [2.45, 2.75) is 192 Å². The van der Waals surface area contributed by atoms with Gasteiger partial charge in [-0.15, -0.1) is 0 Å². The molecule has 7 unspecified atom stereocenters. The Kier molecular flexibility index (Phi) is 30.8. The number of unbranched alkanes of at least 4 members (excludes halogenated alkanes) is 14. The Hall–Kier alpha value is -2.11. The minimum Gasteiger partial charge on any atom is -0.394 e. The van der Waals surface area contributed by atoms with Crippen molar-refractivity contribution in [2.24, 2.45) is 0 Å². The van der Waals surface area contributed by atoms with E-state index < -0.39 is 49.5 Å². The zero-order chi connectivity index (χ0) is 38.1. The van der Waals surface area contributed by atoms with E-state index in [9.17, 15) is 30.3 Å². The molecule has 0 spiro atoms. The summed E-state index contributed by atoms with van der Waals surface area (Å²) in [5, 5.41) is 54.0. The fourth-order valence-corrected chi connectivity index (χ4v) is 6.03. The standard InChI is InChI=1S/C43H75NO8/c1-3-5-7-9-11-13-15-17-19-21-23-25-27-29-31-33-39(47)44-36(35-51-43-42(50)41(49)40(48)38(34-45)52-43)37(46)32-30-28-26-24-22-20-18-16-14-12-10-8-6-4-2/h5,7,11,13,17,19,23,25,30,32,36-38,40-43,45-46,48-50H,3-4,6,8-10,12,14-16,18,20-22,24,26-29,31,33-35H2,1-2H3,(H,44,47)/b7-5-,13-11-,19-17-,25-23-,32-30+. The van der Waals surface area contributed by atoms with Crippen LogP contribution in [0.25, 0.3) is 0 Å². The van der Waals surface area contributed by atoms with Crippen molar-refractivity contribution in [1.82, 2.24) is 5.32 Å². The van der Waals surface area contributed by atoms with Crippen LogP contribution in [0.4, 0.5) is 0 Å². The van der Waals surface area contributed by atoms with Gasteiger partial charge in [0.05, 0.1) is 25.4 Å². The summed E-state index contributed by atoms with van der Waals surface area (Å²) in [6, 6.07) is -0.826. The quantitative estimate of drug-likeness (QED) is 0.0305. The van der Waals surface area contributed by atoms with Crippen LogP contribution in [-0.2, 0) is 14.3 Å². The lowest BCUT2D eigenvalue weighted by Gasteiger charge is -2.40. The van der Waals surface area contributed by atoms with E-state index in [1.165, 1.54) is 64.2 Å². The average Bonchev–Trinajstić information content (AvgIpc) is 3.14. The van der Waals surface area contributed by atoms with Gasteiger partial charge < -0.3 is 40.3 Å². The predicted molar refractivity (Wildman–Crippen MR) is 212 cm³/mol. The van der Waals surface area contributed by atoms with Crippen LogP contribution >= 0.6 is 0 Å². The number of hydrogen-bond donors (Lipinski definition) is 6. The van der Waals surface area contributed by atoms with Gasteiger partial charge in [-0.05, 0) is 57.8 Å². The van der Waals surface area contributed by atoms with Crippen LogP contribution in [0.3, 0.4) is 0 Å². The topological polar surface area (TPSA) is 149 Å². The second-order valence-electron chi connectivity index (χ2n) is 14.0. The number of ether oxygens (including phenoxy) is 2. The van der Waals surface area contributed by atoms with Gasteiger partial charge in [-0.25, -0.2) is 0 Å². The Morgan fingerprint density at radius 3 is 1.77 bits per heavy atom. The maximum atomic E-state index is 12.9. The maximum absolute atomic E-state index is 12.9. The van der Waals surface area contributed by atoms with Gasteiger partial charge in [0, 0.05) is 6.42 Å². The van der Waals surface area contributed by atoms with Gasteiger partial charge in [-0.1, -0.05) is 145 Å². The zero-order valence-electron chi connectivity index (χ0n) is 32.5. The van der Waals surface area contributed by atoms with E-state index in [2.05, 4.69) is 67.8 Å². The molecule has 9 nitrogen and oxygen atoms in total. The minimum absolute atomic E-state index is 0.208. The van der Waals surface area contributed by atoms with Crippen LogP contribution in [0.5, 0.6) is 0 Å². The van der Waals surface area contributed by atoms with Crippen molar-refractivity contribution in [3.8, 4) is 0 Å². The highest BCUT2D eigenvalue weighted by Crippen LogP contribution is 2.22. The van der Waals surface area contributed by atoms with E-state index in [0.717, 1.165) is 57.8 Å². The molecule has 1 amide bonds. The van der Waals surface area contributed by atoms with E-state index in [1.54, 1.807) is 6.08 Å². The molecule has 300 valence electrons. The normalized spacial score (nSPS) is 22.5. The number of amides is 1. The van der Waals surface area contributed by atoms with Gasteiger partial charge in [0.15, 0.2) is 6.29 Å². The van der Waals surface area contributed by atoms with Gasteiger partial charge in [-0.3, -0.25) is 4.79 Å². The lowest BCUT2D eigenvalue weighted by atomic mass is 9.99. The summed E-state index contributed by atoms with van der Waals surface area (Å²) >= 11 is 0. The molecule has 1 saturated heterocycles. The third kappa shape index (κ3) is 24.3. The molecule has 1 rings (SSSR count). The number of allylic oxidation sites excluding steroid dienone is 9. The van der Waals surface area contributed by atoms with Crippen LogP contribution < -0.4 is 5.32 Å². The summed E-state index contributed by atoms with van der Waals surface area (Å²) in [6.07, 6.45) is 35.4. The van der Waals surface area contributed by atoms with Gasteiger partial charge >= 0.3 is 0 Å². The largest absolute Gasteiger partial charge is 0.394 e. The molecule has 1 aliphatic rings. The van der Waals surface area contributed by atoms with Crippen molar-refractivity contribution in [3.05, 3.63) is 60.8 Å². The molecule has 0 radical (unpaired) electrons. The van der Waals surface area contributed by atoms with Crippen LogP contribution in [0.2, 0.25) is 0 Å². The highest BCUT2D eigenvalue weighted by atomic mass is 16.7. The highest BCUT2D eigenvalue weighted by molar-refractivity contribution is 5.76. The molecule has 0 aromatic carbocycles. The van der Waals surface area contributed by atoms with Gasteiger partial charge in [0.25, 0.3) is 0 Å². The third-order valence-corrected chi connectivity index (χ3v) is 9.35. The number of carbonyl (C=O) groups excluding carboxylic acids is 1. The molecule has 0 saturated carbocycles. The van der Waals surface area contributed by atoms with E-state index in [-0.39, 0.29) is 12.5 Å². The van der Waals surface area contributed by atoms with Gasteiger partial charge in [0.1, 0.15) is 24.4 Å². The summed E-state index contributed by atoms with van der Waals surface area (Å²) in [4.78, 5) is 12.9. The molecule has 9 heteroatoms. The molecule has 0 aliphatic carbocycles. The van der Waals surface area contributed by atoms with Crippen LogP contribution in [0, 0.1) is 0 Å². The molecule has 0 aromatic heterocycles. The van der Waals surface area contributed by atoms with E-state index >= 15 is 0 Å². The summed E-state index contributed by atoms with van der Waals surface area (Å²) in [7, 11) is 0. The van der Waals surface area contributed by atoms with Crippen molar-refractivity contribution in [2.75, 3.05) is 13.2 Å². The Balaban J connectivity index is 2.47. The summed E-state index contributed by atoms with van der Waals surface area (Å²) in [6.45, 7) is 3.60. The SMILES string of the molecule is CC/C=C\C/C=C\C/C=C\C/C=C\CCCCC(=O)NC(COC1OC(CO)C(O)C(O)C1O)C(O)/C=C/CCCCCCCCCCCCCC. The number of rotatable bonds is 32. The Bertz CT molecular complexity index is 994. The molecule has 0 aromatic rings. The van der Waals surface area contributed by atoms with Crippen molar-refractivity contribution in [1.29, 1.82) is 0 Å². The average molecular weight is 734 g/mol. The second-order valence-corrected chi connectivity index (χ2v) is 14.0. The molecule has 7 atom stereocenters. The van der Waals surface area contributed by atoms with E-state index in [1.807, 2.05) is 6.08 Å². The van der Waals surface area contributed by atoms with E-state index in [0.29, 0.717) is 12.8 Å². The number of carbonyl (C=O) groups is 1. The molecular formula is C43H75NO8. The molecule has 1 heterocycles. The zero-order valence-corrected chi connectivity index (χ0v) is 32.5. The molecule has 52 heavy (non-hydrogen) atoms. The first-order chi connectivity index (χ1) is 25.3. The number of hydrogen-bond acceptors (Lipinski definition) is 8. The predicted octanol–water partition coefficient (Wildman–Crippen LogP) is 7.66. The fourth-order valence-electron chi connectivity index (χ4n) is 6.03. The summed E-state index contributed by atoms with van der Waals surface area (Å²) in [5.74, 6) is -0.221. The smallest absolute Gasteiger partial charge is 0.220 e. The third-order valence-electron chi connectivity index (χ3n) is 9.35. The lowest BCUT2D eigenvalue weighted by molar-refractivity contribution is -0.302. The Morgan fingerprint density at radius 1 is 0.673 bits per heavy atom. The van der Waals surface area contributed by atoms with Crippen molar-refractivity contribution >= 4 is 5.91 Å². The van der Waals surface area contributed by atoms with Crippen LogP contribution in [0.15, 0.2) is 60.8 Å². The molecule has 0 bridgehead atoms. The molecule has 1 aliphatic heterocycles. The molecular weight excluding hydrogens is 658 g/mol. The Morgan fingerprint density at radius 2 is 1.19 bits per heavy atom. The van der Waals surface area contributed by atoms with Crippen LogP contribution in [-0.4, -0.2) is 87.5 Å². The molecule has 6 N–H and O–H groups in total. The van der Waals surface area contributed by atoms with Crippen molar-refractivity contribution in [3.63, 3.8) is 0 Å².